The van der Waals surface area contributed by atoms with Crippen molar-refractivity contribution in [3.63, 3.8) is 0 Å². The van der Waals surface area contributed by atoms with E-state index in [9.17, 15) is 4.79 Å². The molecule has 0 radical (unpaired) electrons. The molecule has 144 valence electrons. The van der Waals surface area contributed by atoms with Crippen LogP contribution in [0.5, 0.6) is 0 Å². The molecule has 1 aromatic carbocycles. The molecule has 0 saturated carbocycles. The van der Waals surface area contributed by atoms with Crippen LogP contribution in [-0.2, 0) is 11.2 Å². The van der Waals surface area contributed by atoms with Gasteiger partial charge in [0.1, 0.15) is 5.76 Å². The quantitative estimate of drug-likeness (QED) is 0.426. The number of nitrogens with zero attached hydrogens (tertiary/aromatic N) is 2. The summed E-state index contributed by atoms with van der Waals surface area (Å²) in [5.41, 5.74) is 1.48. The third kappa shape index (κ3) is 3.98. The molecule has 0 aliphatic carbocycles. The van der Waals surface area contributed by atoms with Crippen LogP contribution in [0.4, 0.5) is 5.13 Å². The van der Waals surface area contributed by atoms with Crippen LogP contribution in [0.2, 0.25) is 0 Å². The average molecular weight is 413 g/mol. The van der Waals surface area contributed by atoms with E-state index in [-0.39, 0.29) is 11.3 Å². The number of hydrogen-bond donors (Lipinski definition) is 2. The second kappa shape index (κ2) is 7.44. The fraction of sp³-hybridized carbons (Fsp3) is 0.250. The number of thiazole rings is 1. The number of fused-ring (bicyclic) bond motifs is 1. The second-order valence-corrected chi connectivity index (χ2v) is 9.65. The van der Waals surface area contributed by atoms with Crippen molar-refractivity contribution in [1.82, 2.24) is 15.0 Å². The van der Waals surface area contributed by atoms with Crippen LogP contribution in [-0.4, -0.2) is 20.9 Å². The maximum absolute atomic E-state index is 12.6. The first-order valence-electron chi connectivity index (χ1n) is 8.81. The highest BCUT2D eigenvalue weighted by Gasteiger charge is 2.19. The Morgan fingerprint density at radius 3 is 2.86 bits per heavy atom. The highest BCUT2D eigenvalue weighted by molar-refractivity contribution is 8.00. The summed E-state index contributed by atoms with van der Waals surface area (Å²) < 4.78 is 6.80. The van der Waals surface area contributed by atoms with E-state index in [2.05, 4.69) is 41.0 Å². The zero-order valence-corrected chi connectivity index (χ0v) is 17.4. The summed E-state index contributed by atoms with van der Waals surface area (Å²) in [7, 11) is 0. The van der Waals surface area contributed by atoms with Gasteiger partial charge in [-0.3, -0.25) is 10.1 Å². The molecule has 0 unspecified atom stereocenters. The van der Waals surface area contributed by atoms with Gasteiger partial charge in [-0.25, -0.2) is 9.97 Å². The number of thioether (sulfide) groups is 1. The van der Waals surface area contributed by atoms with Crippen molar-refractivity contribution in [1.29, 1.82) is 0 Å². The minimum absolute atomic E-state index is 0.0553. The fourth-order valence-corrected chi connectivity index (χ4v) is 4.39. The number of amides is 1. The highest BCUT2D eigenvalue weighted by Crippen LogP contribution is 2.32. The van der Waals surface area contributed by atoms with E-state index in [0.29, 0.717) is 22.3 Å². The zero-order valence-electron chi connectivity index (χ0n) is 15.8. The summed E-state index contributed by atoms with van der Waals surface area (Å²) in [6.45, 7) is 6.28. The van der Waals surface area contributed by atoms with Gasteiger partial charge in [0.05, 0.1) is 27.9 Å². The number of carbonyl (C=O) groups is 1. The molecule has 6 nitrogen and oxygen atoms in total. The Morgan fingerprint density at radius 2 is 2.07 bits per heavy atom. The Hall–Kier alpha value is -2.58. The number of carbonyl (C=O) groups excluding carboxylic acids is 1. The maximum Gasteiger partial charge on any atom is 0.259 e. The third-order valence-electron chi connectivity index (χ3n) is 4.17. The predicted octanol–water partition coefficient (Wildman–Crippen LogP) is 5.45. The summed E-state index contributed by atoms with van der Waals surface area (Å²) in [4.78, 5) is 24.3. The first-order chi connectivity index (χ1) is 13.4. The normalized spacial score (nSPS) is 11.8. The Balaban J connectivity index is 1.39. The molecule has 0 atom stereocenters. The molecule has 1 amide bonds. The standard InChI is InChI=1S/C20H20N4O2S2/c1-20(2,3)15-9-22-16(26-15)11-27-17-10-23-19(28-17)24-18(25)13-8-21-14-7-5-4-6-12(13)14/h4-10,21H,11H2,1-3H3,(H,23,24,25). The summed E-state index contributed by atoms with van der Waals surface area (Å²) in [6, 6.07) is 7.71. The molecule has 0 saturated heterocycles. The van der Waals surface area contributed by atoms with Crippen LogP contribution in [0.15, 0.2) is 51.5 Å². The van der Waals surface area contributed by atoms with Gasteiger partial charge in [-0.05, 0) is 6.07 Å². The van der Waals surface area contributed by atoms with Gasteiger partial charge in [-0.1, -0.05) is 50.3 Å². The molecular weight excluding hydrogens is 392 g/mol. The monoisotopic (exact) mass is 412 g/mol. The third-order valence-corrected chi connectivity index (χ3v) is 6.26. The minimum atomic E-state index is -0.175. The number of oxazole rings is 1. The maximum atomic E-state index is 12.6. The molecule has 0 aliphatic heterocycles. The lowest BCUT2D eigenvalue weighted by atomic mass is 9.94. The number of aromatic nitrogens is 3. The first kappa shape index (κ1) is 18.8. The van der Waals surface area contributed by atoms with E-state index in [4.69, 9.17) is 4.42 Å². The molecule has 0 spiro atoms. The van der Waals surface area contributed by atoms with Gasteiger partial charge < -0.3 is 9.40 Å². The molecule has 3 aromatic heterocycles. The van der Waals surface area contributed by atoms with Crippen LogP contribution in [0.1, 0.15) is 42.8 Å². The number of nitrogens with one attached hydrogen (secondary N) is 2. The number of aromatic amines is 1. The van der Waals surface area contributed by atoms with E-state index < -0.39 is 0 Å². The van der Waals surface area contributed by atoms with Crippen LogP contribution >= 0.6 is 23.1 Å². The van der Waals surface area contributed by atoms with Crippen molar-refractivity contribution in [2.24, 2.45) is 0 Å². The molecule has 4 aromatic rings. The van der Waals surface area contributed by atoms with E-state index >= 15 is 0 Å². The van der Waals surface area contributed by atoms with Crippen molar-refractivity contribution in [2.45, 2.75) is 36.1 Å². The summed E-state index contributed by atoms with van der Waals surface area (Å²) in [5, 5.41) is 4.34. The van der Waals surface area contributed by atoms with Crippen LogP contribution in [0, 0.1) is 0 Å². The Labute approximate surface area is 170 Å². The van der Waals surface area contributed by atoms with E-state index in [1.807, 2.05) is 24.3 Å². The van der Waals surface area contributed by atoms with E-state index in [1.54, 1.807) is 30.4 Å². The summed E-state index contributed by atoms with van der Waals surface area (Å²) in [6.07, 6.45) is 5.27. The Kier molecular flexibility index (Phi) is 4.99. The Morgan fingerprint density at radius 1 is 1.25 bits per heavy atom. The molecule has 2 N–H and O–H groups in total. The van der Waals surface area contributed by atoms with Crippen LogP contribution in [0.3, 0.4) is 0 Å². The summed E-state index contributed by atoms with van der Waals surface area (Å²) in [5.74, 6) is 2.01. The minimum Gasteiger partial charge on any atom is -0.444 e. The largest absolute Gasteiger partial charge is 0.444 e. The molecule has 0 aliphatic rings. The molecule has 8 heteroatoms. The van der Waals surface area contributed by atoms with Crippen molar-refractivity contribution in [2.75, 3.05) is 5.32 Å². The molecule has 3 heterocycles. The zero-order chi connectivity index (χ0) is 19.7. The number of hydrogen-bond acceptors (Lipinski definition) is 6. The van der Waals surface area contributed by atoms with E-state index in [1.165, 1.54) is 11.3 Å². The molecule has 4 rings (SSSR count). The lowest BCUT2D eigenvalue weighted by molar-refractivity contribution is 0.102. The lowest BCUT2D eigenvalue weighted by Gasteiger charge is -2.12. The number of anilines is 1. The molecule has 0 fully saturated rings. The molecule has 0 bridgehead atoms. The average Bonchev–Trinajstić information content (AvgIpc) is 3.38. The van der Waals surface area contributed by atoms with Gasteiger partial charge >= 0.3 is 0 Å². The van der Waals surface area contributed by atoms with Gasteiger partial charge in [0.2, 0.25) is 5.89 Å². The van der Waals surface area contributed by atoms with Gasteiger partial charge in [-0.2, -0.15) is 0 Å². The smallest absolute Gasteiger partial charge is 0.259 e. The SMILES string of the molecule is CC(C)(C)c1cnc(CSc2cnc(NC(=O)c3c[nH]c4ccccc34)s2)o1. The highest BCUT2D eigenvalue weighted by atomic mass is 32.2. The molecular formula is C20H20N4O2S2. The van der Waals surface area contributed by atoms with Crippen molar-refractivity contribution in [3.8, 4) is 0 Å². The van der Waals surface area contributed by atoms with Crippen LogP contribution < -0.4 is 5.32 Å². The molecule has 28 heavy (non-hydrogen) atoms. The number of para-hydroxylation sites is 1. The van der Waals surface area contributed by atoms with Gasteiger partial charge in [0.25, 0.3) is 5.91 Å². The van der Waals surface area contributed by atoms with Gasteiger partial charge in [0.15, 0.2) is 5.13 Å². The lowest BCUT2D eigenvalue weighted by Crippen LogP contribution is -2.10. The van der Waals surface area contributed by atoms with Crippen molar-refractivity contribution in [3.05, 3.63) is 60.1 Å². The number of rotatable bonds is 5. The second-order valence-electron chi connectivity index (χ2n) is 7.34. The van der Waals surface area contributed by atoms with Gasteiger partial charge in [-0.15, -0.1) is 11.8 Å². The van der Waals surface area contributed by atoms with Gasteiger partial charge in [0, 0.05) is 22.5 Å². The summed E-state index contributed by atoms with van der Waals surface area (Å²) >= 11 is 3.02. The predicted molar refractivity (Wildman–Crippen MR) is 113 cm³/mol. The van der Waals surface area contributed by atoms with Crippen molar-refractivity contribution >= 4 is 45.0 Å². The topological polar surface area (TPSA) is 83.8 Å². The van der Waals surface area contributed by atoms with Crippen molar-refractivity contribution < 1.29 is 9.21 Å². The number of H-pyrrole nitrogens is 1. The van der Waals surface area contributed by atoms with E-state index in [0.717, 1.165) is 20.9 Å². The first-order valence-corrected chi connectivity index (χ1v) is 10.6. The Bertz CT molecular complexity index is 1120. The van der Waals surface area contributed by atoms with Crippen LogP contribution in [0.25, 0.3) is 10.9 Å². The fourth-order valence-electron chi connectivity index (χ4n) is 2.66. The number of benzene rings is 1.